The Balaban J connectivity index is 2.12. The molecule has 0 aliphatic carbocycles. The molecule has 0 saturated heterocycles. The van der Waals surface area contributed by atoms with Crippen LogP contribution in [-0.2, 0) is 21.9 Å². The maximum Gasteiger partial charge on any atom is 0.242 e. The minimum atomic E-state index is -0.467. The molecule has 2 amide bonds. The summed E-state index contributed by atoms with van der Waals surface area (Å²) in [6, 6.07) is 16.0. The lowest BCUT2D eigenvalue weighted by atomic mass is 10.1. The molecule has 0 radical (unpaired) electrons. The fourth-order valence-corrected chi connectivity index (χ4v) is 4.21. The molecule has 4 nitrogen and oxygen atoms in total. The van der Waals surface area contributed by atoms with Crippen molar-refractivity contribution >= 4 is 23.6 Å². The third-order valence-electron chi connectivity index (χ3n) is 5.29. The summed E-state index contributed by atoms with van der Waals surface area (Å²) in [7, 11) is 0. The van der Waals surface area contributed by atoms with E-state index < -0.39 is 6.04 Å². The van der Waals surface area contributed by atoms with Crippen molar-refractivity contribution in [3.8, 4) is 0 Å². The van der Waals surface area contributed by atoms with Crippen LogP contribution in [0.15, 0.2) is 48.5 Å². The molecule has 0 bridgehead atoms. The monoisotopic (exact) mass is 440 g/mol. The Kier molecular flexibility index (Phi) is 10.1. The van der Waals surface area contributed by atoms with E-state index in [-0.39, 0.29) is 11.8 Å². The van der Waals surface area contributed by atoms with Crippen LogP contribution in [0.3, 0.4) is 0 Å². The lowest BCUT2D eigenvalue weighted by Gasteiger charge is -2.31. The zero-order valence-corrected chi connectivity index (χ0v) is 20.3. The maximum atomic E-state index is 13.3. The molecule has 1 atom stereocenters. The molecule has 31 heavy (non-hydrogen) atoms. The van der Waals surface area contributed by atoms with Crippen LogP contribution in [-0.4, -0.2) is 35.1 Å². The molecular formula is C26H36N2O2S. The second-order valence-corrected chi connectivity index (χ2v) is 9.48. The van der Waals surface area contributed by atoms with Crippen molar-refractivity contribution in [1.29, 1.82) is 0 Å². The van der Waals surface area contributed by atoms with Crippen LogP contribution in [0.4, 0.5) is 0 Å². The van der Waals surface area contributed by atoms with Crippen molar-refractivity contribution in [2.45, 2.75) is 59.4 Å². The number of thioether (sulfide) groups is 1. The predicted molar refractivity (Wildman–Crippen MR) is 131 cm³/mol. The van der Waals surface area contributed by atoms with Gasteiger partial charge in [-0.25, -0.2) is 0 Å². The van der Waals surface area contributed by atoms with Crippen LogP contribution in [0.5, 0.6) is 0 Å². The molecule has 0 fully saturated rings. The third kappa shape index (κ3) is 8.06. The number of rotatable bonds is 11. The summed E-state index contributed by atoms with van der Waals surface area (Å²) in [5.41, 5.74) is 4.64. The lowest BCUT2D eigenvalue weighted by Crippen LogP contribution is -2.50. The summed E-state index contributed by atoms with van der Waals surface area (Å²) < 4.78 is 0. The Hall–Kier alpha value is -2.27. The highest BCUT2D eigenvalue weighted by Crippen LogP contribution is 2.19. The van der Waals surface area contributed by atoms with Gasteiger partial charge in [-0.2, -0.15) is 0 Å². The van der Waals surface area contributed by atoms with E-state index in [1.54, 1.807) is 16.7 Å². The van der Waals surface area contributed by atoms with Gasteiger partial charge in [-0.05, 0) is 42.9 Å². The second-order valence-electron chi connectivity index (χ2n) is 8.49. The molecule has 0 spiro atoms. The lowest BCUT2D eigenvalue weighted by molar-refractivity contribution is -0.139. The molecule has 2 aromatic carbocycles. The van der Waals surface area contributed by atoms with Crippen molar-refractivity contribution in [2.24, 2.45) is 5.92 Å². The molecule has 1 N–H and O–H groups in total. The van der Waals surface area contributed by atoms with Gasteiger partial charge in [0.1, 0.15) is 6.04 Å². The summed E-state index contributed by atoms with van der Waals surface area (Å²) in [6.07, 6.45) is 0.587. The van der Waals surface area contributed by atoms with Gasteiger partial charge in [-0.15, -0.1) is 11.8 Å². The minimum absolute atomic E-state index is 0.00640. The van der Waals surface area contributed by atoms with E-state index in [4.69, 9.17) is 0 Å². The van der Waals surface area contributed by atoms with E-state index in [9.17, 15) is 9.59 Å². The topological polar surface area (TPSA) is 49.4 Å². The highest BCUT2D eigenvalue weighted by Gasteiger charge is 2.28. The quantitative estimate of drug-likeness (QED) is 0.528. The van der Waals surface area contributed by atoms with Gasteiger partial charge in [0.25, 0.3) is 0 Å². The van der Waals surface area contributed by atoms with E-state index in [1.165, 1.54) is 11.1 Å². The summed E-state index contributed by atoms with van der Waals surface area (Å²) >= 11 is 1.60. The number of hydrogen-bond acceptors (Lipinski definition) is 3. The molecule has 0 saturated carbocycles. The predicted octanol–water partition coefficient (Wildman–Crippen LogP) is 5.12. The Morgan fingerprint density at radius 3 is 2.32 bits per heavy atom. The van der Waals surface area contributed by atoms with E-state index in [0.717, 1.165) is 16.9 Å². The Labute approximate surface area is 191 Å². The van der Waals surface area contributed by atoms with Gasteiger partial charge >= 0.3 is 0 Å². The summed E-state index contributed by atoms with van der Waals surface area (Å²) in [4.78, 5) is 28.0. The molecule has 0 aromatic heterocycles. The van der Waals surface area contributed by atoms with Crippen molar-refractivity contribution in [2.75, 3.05) is 12.3 Å². The number of hydrogen-bond donors (Lipinski definition) is 1. The first-order valence-corrected chi connectivity index (χ1v) is 12.2. The van der Waals surface area contributed by atoms with Gasteiger partial charge in [0.2, 0.25) is 11.8 Å². The number of amides is 2. The number of carbonyl (C=O) groups is 2. The van der Waals surface area contributed by atoms with E-state index in [2.05, 4.69) is 50.4 Å². The van der Waals surface area contributed by atoms with Crippen LogP contribution >= 0.6 is 11.8 Å². The van der Waals surface area contributed by atoms with Crippen molar-refractivity contribution in [3.05, 3.63) is 70.8 Å². The fourth-order valence-electron chi connectivity index (χ4n) is 3.34. The first-order valence-electron chi connectivity index (χ1n) is 11.1. The van der Waals surface area contributed by atoms with Gasteiger partial charge in [0.05, 0.1) is 5.75 Å². The minimum Gasteiger partial charge on any atom is -0.354 e. The highest BCUT2D eigenvalue weighted by atomic mass is 32.2. The van der Waals surface area contributed by atoms with Crippen molar-refractivity contribution in [3.63, 3.8) is 0 Å². The van der Waals surface area contributed by atoms with Crippen LogP contribution in [0.25, 0.3) is 0 Å². The van der Waals surface area contributed by atoms with Crippen LogP contribution < -0.4 is 5.32 Å². The van der Waals surface area contributed by atoms with Crippen LogP contribution in [0, 0.1) is 19.8 Å². The molecule has 0 aliphatic heterocycles. The van der Waals surface area contributed by atoms with E-state index in [0.29, 0.717) is 31.2 Å². The highest BCUT2D eigenvalue weighted by molar-refractivity contribution is 7.99. The largest absolute Gasteiger partial charge is 0.354 e. The number of nitrogens with zero attached hydrogens (tertiary/aromatic N) is 1. The van der Waals surface area contributed by atoms with Crippen molar-refractivity contribution in [1.82, 2.24) is 10.2 Å². The Bertz CT molecular complexity index is 849. The number of carbonyl (C=O) groups excluding carboxylic acids is 2. The molecule has 0 unspecified atom stereocenters. The van der Waals surface area contributed by atoms with Crippen LogP contribution in [0.1, 0.15) is 49.4 Å². The van der Waals surface area contributed by atoms with Gasteiger partial charge < -0.3 is 10.2 Å². The summed E-state index contributed by atoms with van der Waals surface area (Å²) in [5.74, 6) is 1.44. The van der Waals surface area contributed by atoms with Gasteiger partial charge in [0.15, 0.2) is 0 Å². The van der Waals surface area contributed by atoms with Gasteiger partial charge in [-0.1, -0.05) is 74.9 Å². The summed E-state index contributed by atoms with van der Waals surface area (Å²) in [6.45, 7) is 11.3. The zero-order chi connectivity index (χ0) is 22.8. The number of nitrogens with one attached hydrogen (secondary N) is 1. The SMILES string of the molecule is CC[C@@H](C(=O)NCC(C)C)N(Cc1ccccc1C)C(=O)CSCc1ccc(C)cc1. The second kappa shape index (κ2) is 12.6. The third-order valence-corrected chi connectivity index (χ3v) is 6.28. The fraction of sp³-hybridized carbons (Fsp3) is 0.462. The molecule has 0 heterocycles. The first-order chi connectivity index (χ1) is 14.8. The van der Waals surface area contributed by atoms with Gasteiger partial charge in [-0.3, -0.25) is 9.59 Å². The van der Waals surface area contributed by atoms with Crippen molar-refractivity contribution < 1.29 is 9.59 Å². The van der Waals surface area contributed by atoms with Crippen LogP contribution in [0.2, 0.25) is 0 Å². The zero-order valence-electron chi connectivity index (χ0n) is 19.5. The number of benzene rings is 2. The average molecular weight is 441 g/mol. The average Bonchev–Trinajstić information content (AvgIpc) is 2.74. The molecule has 0 aliphatic rings. The standard InChI is InChI=1S/C26H36N2O2S/c1-6-24(26(30)27-15-19(2)3)28(16-23-10-8-7-9-21(23)5)25(29)18-31-17-22-13-11-20(4)12-14-22/h7-14,19,24H,6,15-18H2,1-5H3,(H,27,30)/t24-/m0/s1. The molecule has 168 valence electrons. The molecule has 5 heteroatoms. The number of aryl methyl sites for hydroxylation is 2. The molecule has 2 rings (SSSR count). The smallest absolute Gasteiger partial charge is 0.242 e. The Morgan fingerprint density at radius 1 is 1.03 bits per heavy atom. The van der Waals surface area contributed by atoms with E-state index >= 15 is 0 Å². The molecular weight excluding hydrogens is 404 g/mol. The first kappa shape index (κ1) is 25.0. The van der Waals surface area contributed by atoms with Gasteiger partial charge in [0, 0.05) is 18.8 Å². The van der Waals surface area contributed by atoms with E-state index in [1.807, 2.05) is 38.1 Å². The maximum absolute atomic E-state index is 13.3. The normalized spacial score (nSPS) is 11.9. The Morgan fingerprint density at radius 2 is 1.71 bits per heavy atom. The summed E-state index contributed by atoms with van der Waals surface area (Å²) in [5, 5.41) is 3.02. The molecule has 2 aromatic rings.